The number of sulfonamides is 1. The molecule has 0 aliphatic carbocycles. The van der Waals surface area contributed by atoms with Crippen molar-refractivity contribution in [3.63, 3.8) is 0 Å². The highest BCUT2D eigenvalue weighted by Gasteiger charge is 2.20. The minimum Gasteiger partial charge on any atom is -0.395 e. The molecule has 2 N–H and O–H groups in total. The summed E-state index contributed by atoms with van der Waals surface area (Å²) in [6.45, 7) is 1.47. The van der Waals surface area contributed by atoms with Crippen LogP contribution in [0.2, 0.25) is 0 Å². The van der Waals surface area contributed by atoms with E-state index < -0.39 is 21.9 Å². The van der Waals surface area contributed by atoms with Gasteiger partial charge in [0.15, 0.2) is 0 Å². The molecule has 0 spiro atoms. The zero-order valence-corrected chi connectivity index (χ0v) is 10.1. The third-order valence-corrected chi connectivity index (χ3v) is 3.76. The summed E-state index contributed by atoms with van der Waals surface area (Å²) in [5.74, 6) is 0. The summed E-state index contributed by atoms with van der Waals surface area (Å²) in [4.78, 5) is 0. The summed E-state index contributed by atoms with van der Waals surface area (Å²) in [6, 6.07) is 0. The van der Waals surface area contributed by atoms with Gasteiger partial charge >= 0.3 is 0 Å². The van der Waals surface area contributed by atoms with Gasteiger partial charge in [0, 0.05) is 20.8 Å². The molecule has 0 saturated heterocycles. The highest BCUT2D eigenvalue weighted by atomic mass is 32.2. The van der Waals surface area contributed by atoms with E-state index in [0.717, 1.165) is 0 Å². The molecule has 92 valence electrons. The highest BCUT2D eigenvalue weighted by molar-refractivity contribution is 7.90. The lowest BCUT2D eigenvalue weighted by Crippen LogP contribution is -2.40. The Morgan fingerprint density at radius 1 is 1.40 bits per heavy atom. The van der Waals surface area contributed by atoms with Gasteiger partial charge in [0.05, 0.1) is 24.6 Å². The van der Waals surface area contributed by atoms with Crippen LogP contribution in [0.1, 0.15) is 6.92 Å². The standard InChI is InChI=1S/C8H19NO5S/c1-7(5-10)15(11,12)9-4-8(14-3)6-13-2/h7-10H,4-6H2,1-3H3. The molecule has 0 fully saturated rings. The Hall–Kier alpha value is -0.210. The Morgan fingerprint density at radius 2 is 2.00 bits per heavy atom. The molecule has 0 heterocycles. The number of rotatable bonds is 8. The monoisotopic (exact) mass is 241 g/mol. The molecule has 2 atom stereocenters. The molecule has 0 aliphatic heterocycles. The number of methoxy groups -OCH3 is 2. The van der Waals surface area contributed by atoms with Crippen LogP contribution in [0.3, 0.4) is 0 Å². The van der Waals surface area contributed by atoms with Gasteiger partial charge in [-0.2, -0.15) is 0 Å². The second-order valence-electron chi connectivity index (χ2n) is 3.20. The largest absolute Gasteiger partial charge is 0.395 e. The average molecular weight is 241 g/mol. The number of hydrogen-bond donors (Lipinski definition) is 2. The zero-order valence-electron chi connectivity index (χ0n) is 9.26. The molecule has 0 aromatic heterocycles. The van der Waals surface area contributed by atoms with Gasteiger partial charge in [0.1, 0.15) is 0 Å². The first-order valence-electron chi connectivity index (χ1n) is 4.59. The van der Waals surface area contributed by atoms with E-state index in [9.17, 15) is 8.42 Å². The van der Waals surface area contributed by atoms with Gasteiger partial charge in [-0.3, -0.25) is 0 Å². The molecule has 0 aliphatic rings. The van der Waals surface area contributed by atoms with E-state index >= 15 is 0 Å². The second kappa shape index (κ2) is 7.13. The third kappa shape index (κ3) is 5.43. The van der Waals surface area contributed by atoms with E-state index in [2.05, 4.69) is 4.72 Å². The smallest absolute Gasteiger partial charge is 0.216 e. The van der Waals surface area contributed by atoms with Gasteiger partial charge in [-0.1, -0.05) is 0 Å². The zero-order chi connectivity index (χ0) is 11.9. The van der Waals surface area contributed by atoms with E-state index in [1.165, 1.54) is 21.1 Å². The van der Waals surface area contributed by atoms with Gasteiger partial charge in [0.25, 0.3) is 0 Å². The van der Waals surface area contributed by atoms with E-state index in [1.807, 2.05) is 0 Å². The average Bonchev–Trinajstić information content (AvgIpc) is 2.22. The van der Waals surface area contributed by atoms with E-state index in [0.29, 0.717) is 6.61 Å². The van der Waals surface area contributed by atoms with Crippen LogP contribution in [0.15, 0.2) is 0 Å². The Morgan fingerprint density at radius 3 is 2.40 bits per heavy atom. The SMILES string of the molecule is COCC(CNS(=O)(=O)C(C)CO)OC. The molecule has 0 saturated carbocycles. The summed E-state index contributed by atoms with van der Waals surface area (Å²) in [5.41, 5.74) is 0. The van der Waals surface area contributed by atoms with Crippen LogP contribution in [0, 0.1) is 0 Å². The summed E-state index contributed by atoms with van der Waals surface area (Å²) >= 11 is 0. The molecule has 0 aromatic carbocycles. The summed E-state index contributed by atoms with van der Waals surface area (Å²) in [6.07, 6.45) is -0.323. The quantitative estimate of drug-likeness (QED) is 0.566. The predicted molar refractivity (Wildman–Crippen MR) is 56.1 cm³/mol. The summed E-state index contributed by atoms with van der Waals surface area (Å²) in [7, 11) is -0.479. The van der Waals surface area contributed by atoms with Gasteiger partial charge in [-0.05, 0) is 6.92 Å². The normalized spacial score (nSPS) is 16.3. The fourth-order valence-electron chi connectivity index (χ4n) is 0.846. The van der Waals surface area contributed by atoms with Crippen molar-refractivity contribution in [2.45, 2.75) is 18.3 Å². The van der Waals surface area contributed by atoms with Crippen molar-refractivity contribution in [1.29, 1.82) is 0 Å². The highest BCUT2D eigenvalue weighted by Crippen LogP contribution is 1.98. The Balaban J connectivity index is 4.12. The molecule has 15 heavy (non-hydrogen) atoms. The number of aliphatic hydroxyl groups excluding tert-OH is 1. The maximum atomic E-state index is 11.4. The fourth-order valence-corrected chi connectivity index (χ4v) is 1.74. The molecule has 0 aromatic rings. The second-order valence-corrected chi connectivity index (χ2v) is 5.38. The first kappa shape index (κ1) is 14.8. The Bertz CT molecular complexity index is 254. The summed E-state index contributed by atoms with van der Waals surface area (Å²) in [5, 5.41) is 7.90. The maximum absolute atomic E-state index is 11.4. The third-order valence-electron chi connectivity index (χ3n) is 1.98. The van der Waals surface area contributed by atoms with Crippen LogP contribution in [0.25, 0.3) is 0 Å². The molecule has 0 amide bonds. The number of ether oxygens (including phenoxy) is 2. The Kier molecular flexibility index (Phi) is 7.03. The van der Waals surface area contributed by atoms with Crippen molar-refractivity contribution in [3.05, 3.63) is 0 Å². The van der Waals surface area contributed by atoms with Gasteiger partial charge < -0.3 is 14.6 Å². The van der Waals surface area contributed by atoms with Crippen molar-refractivity contribution in [3.8, 4) is 0 Å². The predicted octanol–water partition coefficient (Wildman–Crippen LogP) is -1.05. The van der Waals surface area contributed by atoms with E-state index in [4.69, 9.17) is 14.6 Å². The molecule has 7 heteroatoms. The Labute approximate surface area is 90.6 Å². The van der Waals surface area contributed by atoms with Crippen LogP contribution in [0.5, 0.6) is 0 Å². The first-order valence-corrected chi connectivity index (χ1v) is 6.13. The van der Waals surface area contributed by atoms with E-state index in [1.54, 1.807) is 0 Å². The van der Waals surface area contributed by atoms with Crippen LogP contribution in [-0.2, 0) is 19.5 Å². The lowest BCUT2D eigenvalue weighted by Gasteiger charge is -2.17. The van der Waals surface area contributed by atoms with Crippen LogP contribution in [-0.4, -0.2) is 58.9 Å². The molecular weight excluding hydrogens is 222 g/mol. The van der Waals surface area contributed by atoms with Crippen molar-refractivity contribution in [2.75, 3.05) is 34.0 Å². The number of hydrogen-bond acceptors (Lipinski definition) is 5. The van der Waals surface area contributed by atoms with E-state index in [-0.39, 0.29) is 12.6 Å². The molecule has 6 nitrogen and oxygen atoms in total. The first-order chi connectivity index (χ1) is 6.97. The fraction of sp³-hybridized carbons (Fsp3) is 1.00. The van der Waals surface area contributed by atoms with Crippen molar-refractivity contribution < 1.29 is 23.0 Å². The van der Waals surface area contributed by atoms with Crippen molar-refractivity contribution >= 4 is 10.0 Å². The molecule has 0 bridgehead atoms. The van der Waals surface area contributed by atoms with Gasteiger partial charge in [-0.15, -0.1) is 0 Å². The summed E-state index contributed by atoms with van der Waals surface area (Å²) < 4.78 is 35.0. The lowest BCUT2D eigenvalue weighted by molar-refractivity contribution is 0.0319. The maximum Gasteiger partial charge on any atom is 0.216 e. The molecule has 2 unspecified atom stereocenters. The number of nitrogens with one attached hydrogen (secondary N) is 1. The number of aliphatic hydroxyl groups is 1. The topological polar surface area (TPSA) is 84.9 Å². The van der Waals surface area contributed by atoms with Crippen molar-refractivity contribution in [1.82, 2.24) is 4.72 Å². The molecular formula is C8H19NO5S. The van der Waals surface area contributed by atoms with Gasteiger partial charge in [0.2, 0.25) is 10.0 Å². The van der Waals surface area contributed by atoms with Crippen LogP contribution >= 0.6 is 0 Å². The van der Waals surface area contributed by atoms with Crippen LogP contribution < -0.4 is 4.72 Å². The minimum absolute atomic E-state index is 0.136. The lowest BCUT2D eigenvalue weighted by atomic mass is 10.4. The van der Waals surface area contributed by atoms with Gasteiger partial charge in [-0.25, -0.2) is 13.1 Å². The molecule has 0 radical (unpaired) electrons. The molecule has 0 rings (SSSR count). The van der Waals surface area contributed by atoms with Crippen molar-refractivity contribution in [2.24, 2.45) is 0 Å². The minimum atomic E-state index is -3.47. The van der Waals surface area contributed by atoms with Crippen LogP contribution in [0.4, 0.5) is 0 Å².